The van der Waals surface area contributed by atoms with E-state index in [1.807, 2.05) is 44.2 Å². The van der Waals surface area contributed by atoms with Crippen LogP contribution in [0.15, 0.2) is 58.4 Å². The fraction of sp³-hybridized carbons (Fsp3) is 0.409. The van der Waals surface area contributed by atoms with Crippen LogP contribution in [0.4, 0.5) is 0 Å². The second kappa shape index (κ2) is 12.9. The Kier molecular flexibility index (Phi) is 10.3. The van der Waals surface area contributed by atoms with Crippen LogP contribution in [-0.2, 0) is 21.3 Å². The molecule has 8 nitrogen and oxygen atoms in total. The molecule has 0 bridgehead atoms. The number of methoxy groups -OCH3 is 1. The molecule has 2 rings (SSSR count). The van der Waals surface area contributed by atoms with E-state index in [-0.39, 0.29) is 11.4 Å². The smallest absolute Gasteiger partial charge is 0.240 e. The van der Waals surface area contributed by atoms with Gasteiger partial charge >= 0.3 is 0 Å². The maximum Gasteiger partial charge on any atom is 0.240 e. The van der Waals surface area contributed by atoms with E-state index in [0.717, 1.165) is 11.3 Å². The van der Waals surface area contributed by atoms with Crippen LogP contribution < -0.4 is 20.1 Å². The lowest BCUT2D eigenvalue weighted by Crippen LogP contribution is -2.39. The van der Waals surface area contributed by atoms with Gasteiger partial charge in [0, 0.05) is 20.2 Å². The normalized spacial score (nSPS) is 11.9. The number of benzene rings is 2. The second-order valence-electron chi connectivity index (χ2n) is 6.82. The van der Waals surface area contributed by atoms with E-state index in [2.05, 4.69) is 20.3 Å². The predicted molar refractivity (Wildman–Crippen MR) is 123 cm³/mol. The molecule has 0 fully saturated rings. The van der Waals surface area contributed by atoms with Gasteiger partial charge in [0.05, 0.1) is 24.6 Å². The second-order valence-corrected chi connectivity index (χ2v) is 8.59. The summed E-state index contributed by atoms with van der Waals surface area (Å²) in [5.41, 5.74) is 1.98. The third-order valence-electron chi connectivity index (χ3n) is 4.26. The first-order valence-electron chi connectivity index (χ1n) is 10.2. The molecule has 0 saturated heterocycles. The van der Waals surface area contributed by atoms with Crippen molar-refractivity contribution >= 4 is 16.0 Å². The topological polar surface area (TPSA) is 101 Å². The fourth-order valence-electron chi connectivity index (χ4n) is 2.66. The first kappa shape index (κ1) is 24.6. The van der Waals surface area contributed by atoms with E-state index in [9.17, 15) is 8.42 Å². The monoisotopic (exact) mass is 448 g/mol. The summed E-state index contributed by atoms with van der Waals surface area (Å²) in [6.07, 6.45) is 0. The number of hydrogen-bond acceptors (Lipinski definition) is 5. The zero-order valence-electron chi connectivity index (χ0n) is 18.3. The van der Waals surface area contributed by atoms with E-state index >= 15 is 0 Å². The van der Waals surface area contributed by atoms with Crippen molar-refractivity contribution in [1.82, 2.24) is 15.4 Å². The zero-order valence-corrected chi connectivity index (χ0v) is 19.2. The first-order chi connectivity index (χ1) is 14.9. The Bertz CT molecular complexity index is 931. The van der Waals surface area contributed by atoms with E-state index < -0.39 is 10.0 Å². The Hall–Kier alpha value is -2.62. The molecule has 0 aliphatic rings. The lowest BCUT2D eigenvalue weighted by atomic mass is 10.2. The van der Waals surface area contributed by atoms with Crippen LogP contribution in [0.5, 0.6) is 5.75 Å². The molecule has 0 amide bonds. The Morgan fingerprint density at radius 3 is 2.52 bits per heavy atom. The summed E-state index contributed by atoms with van der Waals surface area (Å²) in [5, 5.41) is 6.40. The van der Waals surface area contributed by atoms with Crippen molar-refractivity contribution < 1.29 is 17.9 Å². The minimum Gasteiger partial charge on any atom is -0.492 e. The minimum absolute atomic E-state index is 0.209. The number of sulfonamides is 1. The van der Waals surface area contributed by atoms with Gasteiger partial charge in [0.1, 0.15) is 12.4 Å². The summed E-state index contributed by atoms with van der Waals surface area (Å²) >= 11 is 0. The number of hydrogen-bond donors (Lipinski definition) is 3. The highest BCUT2D eigenvalue weighted by Gasteiger charge is 2.13. The fourth-order valence-corrected chi connectivity index (χ4v) is 3.74. The number of guanidine groups is 1. The number of rotatable bonds is 12. The largest absolute Gasteiger partial charge is 0.492 e. The van der Waals surface area contributed by atoms with Gasteiger partial charge in [-0.25, -0.2) is 18.1 Å². The van der Waals surface area contributed by atoms with E-state index in [4.69, 9.17) is 9.47 Å². The van der Waals surface area contributed by atoms with Crippen molar-refractivity contribution in [2.45, 2.75) is 25.3 Å². The third-order valence-corrected chi connectivity index (χ3v) is 5.71. The number of nitrogens with one attached hydrogen (secondary N) is 3. The van der Waals surface area contributed by atoms with Crippen molar-refractivity contribution in [3.05, 3.63) is 59.7 Å². The van der Waals surface area contributed by atoms with E-state index in [1.165, 1.54) is 12.7 Å². The highest BCUT2D eigenvalue weighted by atomic mass is 32.2. The van der Waals surface area contributed by atoms with Gasteiger partial charge in [-0.2, -0.15) is 0 Å². The van der Waals surface area contributed by atoms with Crippen LogP contribution >= 0.6 is 0 Å². The number of ether oxygens (including phenoxy) is 2. The standard InChI is InChI=1S/C22H32N4O4S/c1-4-23-22(24-12-15-30-20-10-8-18(2)9-11-20)25-17-19-6-5-7-21(16-19)31(27,28)26-13-14-29-3/h5-11,16,26H,4,12-15,17H2,1-3H3,(H2,23,24,25). The number of nitrogens with zero attached hydrogens (tertiary/aromatic N) is 1. The van der Waals surface area contributed by atoms with Crippen LogP contribution in [0.25, 0.3) is 0 Å². The Morgan fingerprint density at radius 1 is 1.03 bits per heavy atom. The van der Waals surface area contributed by atoms with Crippen LogP contribution in [0.2, 0.25) is 0 Å². The number of aryl methyl sites for hydroxylation is 1. The summed E-state index contributed by atoms with van der Waals surface area (Å²) in [6, 6.07) is 14.7. The molecule has 3 N–H and O–H groups in total. The van der Waals surface area contributed by atoms with Crippen molar-refractivity contribution in [2.75, 3.05) is 40.0 Å². The lowest BCUT2D eigenvalue weighted by Gasteiger charge is -2.12. The molecule has 0 radical (unpaired) electrons. The minimum atomic E-state index is -3.58. The third kappa shape index (κ3) is 8.95. The summed E-state index contributed by atoms with van der Waals surface area (Å²) in [7, 11) is -2.05. The summed E-state index contributed by atoms with van der Waals surface area (Å²) < 4.78 is 37.9. The van der Waals surface area contributed by atoms with Crippen molar-refractivity contribution in [1.29, 1.82) is 0 Å². The highest BCUT2D eigenvalue weighted by Crippen LogP contribution is 2.12. The Labute approximate surface area is 185 Å². The van der Waals surface area contributed by atoms with Gasteiger partial charge in [0.15, 0.2) is 5.96 Å². The quantitative estimate of drug-likeness (QED) is 0.261. The first-order valence-corrected chi connectivity index (χ1v) is 11.7. The molecule has 0 atom stereocenters. The number of aliphatic imine (C=N–C) groups is 1. The van der Waals surface area contributed by atoms with Crippen molar-refractivity contribution in [3.8, 4) is 5.75 Å². The summed E-state index contributed by atoms with van der Waals surface area (Å²) in [4.78, 5) is 4.75. The summed E-state index contributed by atoms with van der Waals surface area (Å²) in [5.74, 6) is 1.47. The molecular weight excluding hydrogens is 416 g/mol. The lowest BCUT2D eigenvalue weighted by molar-refractivity contribution is 0.204. The van der Waals surface area contributed by atoms with Crippen molar-refractivity contribution in [3.63, 3.8) is 0 Å². The SMILES string of the molecule is CCNC(=NCc1cccc(S(=O)(=O)NCCOC)c1)NCCOc1ccc(C)cc1. The molecule has 0 aromatic heterocycles. The maximum atomic E-state index is 12.4. The maximum absolute atomic E-state index is 12.4. The van der Waals surface area contributed by atoms with Gasteiger partial charge in [-0.1, -0.05) is 29.8 Å². The molecular formula is C22H32N4O4S. The van der Waals surface area contributed by atoms with Gasteiger partial charge in [0.25, 0.3) is 0 Å². The molecule has 0 spiro atoms. The van der Waals surface area contributed by atoms with Crippen LogP contribution in [0, 0.1) is 6.92 Å². The molecule has 9 heteroatoms. The van der Waals surface area contributed by atoms with Crippen LogP contribution in [0.3, 0.4) is 0 Å². The average molecular weight is 449 g/mol. The molecule has 0 saturated carbocycles. The van der Waals surface area contributed by atoms with E-state index in [1.54, 1.807) is 18.2 Å². The molecule has 0 aliphatic carbocycles. The molecule has 2 aromatic carbocycles. The Balaban J connectivity index is 1.91. The molecule has 2 aromatic rings. The van der Waals surface area contributed by atoms with Crippen LogP contribution in [-0.4, -0.2) is 54.3 Å². The van der Waals surface area contributed by atoms with Gasteiger partial charge < -0.3 is 20.1 Å². The molecule has 0 aliphatic heterocycles. The molecule has 31 heavy (non-hydrogen) atoms. The highest BCUT2D eigenvalue weighted by molar-refractivity contribution is 7.89. The van der Waals surface area contributed by atoms with Gasteiger partial charge in [0.2, 0.25) is 10.0 Å². The molecule has 0 unspecified atom stereocenters. The predicted octanol–water partition coefficient (Wildman–Crippen LogP) is 2.05. The van der Waals surface area contributed by atoms with Gasteiger partial charge in [-0.3, -0.25) is 0 Å². The average Bonchev–Trinajstić information content (AvgIpc) is 2.76. The van der Waals surface area contributed by atoms with E-state index in [0.29, 0.717) is 38.8 Å². The molecule has 0 heterocycles. The van der Waals surface area contributed by atoms with Crippen molar-refractivity contribution in [2.24, 2.45) is 4.99 Å². The van der Waals surface area contributed by atoms with Gasteiger partial charge in [-0.05, 0) is 43.7 Å². The van der Waals surface area contributed by atoms with Crippen LogP contribution in [0.1, 0.15) is 18.1 Å². The summed E-state index contributed by atoms with van der Waals surface area (Å²) in [6.45, 7) is 6.69. The molecule has 170 valence electrons. The Morgan fingerprint density at radius 2 is 1.81 bits per heavy atom. The van der Waals surface area contributed by atoms with Gasteiger partial charge in [-0.15, -0.1) is 0 Å². The zero-order chi connectivity index (χ0) is 22.5.